The Bertz CT molecular complexity index is 843. The van der Waals surface area contributed by atoms with E-state index in [-0.39, 0.29) is 17.9 Å². The van der Waals surface area contributed by atoms with Crippen molar-refractivity contribution in [2.24, 2.45) is 0 Å². The molecule has 1 aliphatic heterocycles. The predicted molar refractivity (Wildman–Crippen MR) is 107 cm³/mol. The van der Waals surface area contributed by atoms with Gasteiger partial charge >= 0.3 is 0 Å². The molecule has 1 aliphatic rings. The lowest BCUT2D eigenvalue weighted by Crippen LogP contribution is -2.36. The van der Waals surface area contributed by atoms with Crippen LogP contribution in [-0.4, -0.2) is 41.3 Å². The molecule has 0 bridgehead atoms. The highest BCUT2D eigenvalue weighted by Gasteiger charge is 2.25. The summed E-state index contributed by atoms with van der Waals surface area (Å²) in [5.41, 5.74) is 2.81. The fourth-order valence-electron chi connectivity index (χ4n) is 3.29. The van der Waals surface area contributed by atoms with Crippen molar-refractivity contribution in [3.05, 3.63) is 65.9 Å². The van der Waals surface area contributed by atoms with Crippen LogP contribution in [0.25, 0.3) is 11.3 Å². The molecular weight excluding hydrogens is 338 g/mol. The van der Waals surface area contributed by atoms with E-state index in [1.54, 1.807) is 25.4 Å². The summed E-state index contributed by atoms with van der Waals surface area (Å²) in [7, 11) is 1.60. The van der Waals surface area contributed by atoms with Crippen molar-refractivity contribution in [3.63, 3.8) is 0 Å². The molecule has 0 fully saturated rings. The maximum atomic E-state index is 12.9. The van der Waals surface area contributed by atoms with Crippen molar-refractivity contribution in [3.8, 4) is 11.3 Å². The molecule has 1 N–H and O–H groups in total. The normalized spacial score (nSPS) is 15.8. The van der Waals surface area contributed by atoms with E-state index in [1.165, 1.54) is 0 Å². The Balaban J connectivity index is 1.75. The number of benzene rings is 1. The van der Waals surface area contributed by atoms with Gasteiger partial charge in [-0.15, -0.1) is 0 Å². The van der Waals surface area contributed by atoms with Gasteiger partial charge in [0.2, 0.25) is 0 Å². The van der Waals surface area contributed by atoms with Crippen LogP contribution in [0.4, 0.5) is 0 Å². The number of nitrogens with zero attached hydrogens (tertiary/aromatic N) is 2. The quantitative estimate of drug-likeness (QED) is 0.797. The lowest BCUT2D eigenvalue weighted by Gasteiger charge is -2.24. The van der Waals surface area contributed by atoms with Gasteiger partial charge in [-0.25, -0.2) is 0 Å². The summed E-state index contributed by atoms with van der Waals surface area (Å²) in [6.45, 7) is 2.83. The molecule has 1 unspecified atom stereocenters. The van der Waals surface area contributed by atoms with Crippen LogP contribution in [0.15, 0.2) is 54.7 Å². The molecule has 1 aromatic heterocycles. The molecule has 0 radical (unpaired) electrons. The Morgan fingerprint density at radius 3 is 2.67 bits per heavy atom. The first-order valence-electron chi connectivity index (χ1n) is 9.40. The van der Waals surface area contributed by atoms with Crippen molar-refractivity contribution in [2.75, 3.05) is 13.6 Å². The zero-order chi connectivity index (χ0) is 19.2. The summed E-state index contributed by atoms with van der Waals surface area (Å²) >= 11 is 0. The molecular formula is C22H25N3O2. The van der Waals surface area contributed by atoms with Crippen LogP contribution in [0.5, 0.6) is 0 Å². The standard InChI is InChI=1S/C22H25N3O2/c1-3-4-6-19-7-5-14-25(19)22(27)17-10-8-16(9-11-17)20-15-18(12-13-24-20)21(26)23-2/h5,7-13,15,19H,3-4,6,14H2,1-2H3,(H,23,26). The number of aromatic nitrogens is 1. The molecule has 0 spiro atoms. The van der Waals surface area contributed by atoms with Crippen LogP contribution in [0.1, 0.15) is 46.9 Å². The first-order chi connectivity index (χ1) is 13.1. The van der Waals surface area contributed by atoms with Crippen LogP contribution < -0.4 is 5.32 Å². The van der Waals surface area contributed by atoms with Gasteiger partial charge < -0.3 is 10.2 Å². The number of nitrogens with one attached hydrogen (secondary N) is 1. The van der Waals surface area contributed by atoms with Gasteiger partial charge in [-0.1, -0.05) is 44.1 Å². The SMILES string of the molecule is CCCCC1C=CCN1C(=O)c1ccc(-c2cc(C(=O)NC)ccn2)cc1. The molecule has 3 rings (SSSR count). The number of pyridine rings is 1. The second-order valence-electron chi connectivity index (χ2n) is 6.68. The van der Waals surface area contributed by atoms with Gasteiger partial charge in [-0.3, -0.25) is 14.6 Å². The van der Waals surface area contributed by atoms with Crippen molar-refractivity contribution in [2.45, 2.75) is 32.2 Å². The van der Waals surface area contributed by atoms with Crippen molar-refractivity contribution < 1.29 is 9.59 Å². The lowest BCUT2D eigenvalue weighted by atomic mass is 10.0. The number of amides is 2. The maximum absolute atomic E-state index is 12.9. The van der Waals surface area contributed by atoms with E-state index in [4.69, 9.17) is 0 Å². The fraction of sp³-hybridized carbons (Fsp3) is 0.318. The summed E-state index contributed by atoms with van der Waals surface area (Å²) in [6.07, 6.45) is 9.07. The average Bonchev–Trinajstić information content (AvgIpc) is 3.19. The van der Waals surface area contributed by atoms with Crippen molar-refractivity contribution in [1.29, 1.82) is 0 Å². The molecule has 2 heterocycles. The summed E-state index contributed by atoms with van der Waals surface area (Å²) in [5, 5.41) is 2.61. The molecule has 5 nitrogen and oxygen atoms in total. The van der Waals surface area contributed by atoms with Gasteiger partial charge in [0.25, 0.3) is 11.8 Å². The Kier molecular flexibility index (Phi) is 6.01. The molecule has 5 heteroatoms. The highest BCUT2D eigenvalue weighted by atomic mass is 16.2. The second-order valence-corrected chi connectivity index (χ2v) is 6.68. The molecule has 0 saturated carbocycles. The van der Waals surface area contributed by atoms with E-state index in [0.717, 1.165) is 24.8 Å². The van der Waals surface area contributed by atoms with Crippen LogP contribution in [0.3, 0.4) is 0 Å². The van der Waals surface area contributed by atoms with Gasteiger partial charge in [0.1, 0.15) is 0 Å². The maximum Gasteiger partial charge on any atom is 0.254 e. The van der Waals surface area contributed by atoms with Gasteiger partial charge in [-0.2, -0.15) is 0 Å². The van der Waals surface area contributed by atoms with Crippen LogP contribution >= 0.6 is 0 Å². The van der Waals surface area contributed by atoms with Gasteiger partial charge in [0.15, 0.2) is 0 Å². The van der Waals surface area contributed by atoms with Gasteiger partial charge in [-0.05, 0) is 30.7 Å². The first-order valence-corrected chi connectivity index (χ1v) is 9.40. The fourth-order valence-corrected chi connectivity index (χ4v) is 3.29. The highest BCUT2D eigenvalue weighted by Crippen LogP contribution is 2.22. The van der Waals surface area contributed by atoms with E-state index >= 15 is 0 Å². The molecule has 27 heavy (non-hydrogen) atoms. The van der Waals surface area contributed by atoms with E-state index < -0.39 is 0 Å². The Morgan fingerprint density at radius 1 is 1.19 bits per heavy atom. The number of hydrogen-bond acceptors (Lipinski definition) is 3. The van der Waals surface area contributed by atoms with Crippen molar-refractivity contribution >= 4 is 11.8 Å². The third-order valence-corrected chi connectivity index (χ3v) is 4.85. The summed E-state index contributed by atoms with van der Waals surface area (Å²) in [6, 6.07) is 11.1. The largest absolute Gasteiger partial charge is 0.355 e. The Labute approximate surface area is 160 Å². The molecule has 140 valence electrons. The van der Waals surface area contributed by atoms with Gasteiger partial charge in [0.05, 0.1) is 11.7 Å². The topological polar surface area (TPSA) is 62.3 Å². The lowest BCUT2D eigenvalue weighted by molar-refractivity contribution is 0.0743. The monoisotopic (exact) mass is 363 g/mol. The van der Waals surface area contributed by atoms with Crippen molar-refractivity contribution in [1.82, 2.24) is 15.2 Å². The van der Waals surface area contributed by atoms with E-state index in [0.29, 0.717) is 23.4 Å². The van der Waals surface area contributed by atoms with E-state index in [1.807, 2.05) is 29.2 Å². The minimum atomic E-state index is -0.148. The molecule has 0 aliphatic carbocycles. The molecule has 0 saturated heterocycles. The number of rotatable bonds is 6. The highest BCUT2D eigenvalue weighted by molar-refractivity contribution is 5.96. The van der Waals surface area contributed by atoms with E-state index in [9.17, 15) is 9.59 Å². The second kappa shape index (κ2) is 8.62. The first kappa shape index (κ1) is 18.8. The molecule has 1 atom stereocenters. The van der Waals surface area contributed by atoms with Gasteiger partial charge in [0, 0.05) is 36.5 Å². The molecule has 2 amide bonds. The van der Waals surface area contributed by atoms with Crippen LogP contribution in [0, 0.1) is 0 Å². The van der Waals surface area contributed by atoms with Crippen LogP contribution in [0.2, 0.25) is 0 Å². The predicted octanol–water partition coefficient (Wildman–Crippen LogP) is 3.68. The minimum Gasteiger partial charge on any atom is -0.355 e. The molecule has 1 aromatic carbocycles. The number of unbranched alkanes of at least 4 members (excludes halogenated alkanes) is 1. The Morgan fingerprint density at radius 2 is 1.96 bits per heavy atom. The third-order valence-electron chi connectivity index (χ3n) is 4.85. The smallest absolute Gasteiger partial charge is 0.254 e. The molecule has 2 aromatic rings. The zero-order valence-electron chi connectivity index (χ0n) is 15.8. The number of carbonyl (C=O) groups is 2. The number of carbonyl (C=O) groups excluding carboxylic acids is 2. The average molecular weight is 363 g/mol. The Hall–Kier alpha value is -2.95. The summed E-state index contributed by atoms with van der Waals surface area (Å²) in [4.78, 5) is 30.9. The summed E-state index contributed by atoms with van der Waals surface area (Å²) in [5.74, 6) is -0.0928. The summed E-state index contributed by atoms with van der Waals surface area (Å²) < 4.78 is 0. The van der Waals surface area contributed by atoms with Crippen LogP contribution in [-0.2, 0) is 0 Å². The zero-order valence-corrected chi connectivity index (χ0v) is 15.8. The minimum absolute atomic E-state index is 0.0553. The number of hydrogen-bond donors (Lipinski definition) is 1. The van der Waals surface area contributed by atoms with E-state index in [2.05, 4.69) is 29.4 Å². The third kappa shape index (κ3) is 4.25.